The topological polar surface area (TPSA) is 41.1 Å². The van der Waals surface area contributed by atoms with Gasteiger partial charge in [-0.25, -0.2) is 0 Å². The number of rotatable bonds is 6. The molecule has 1 unspecified atom stereocenters. The standard InChI is InChI=1S/C16H26N2O/c1-11(2)13(4)18-16(19)10-17-14(5)15-8-6-7-12(3)9-15/h6-9,11,13-14,17H,10H2,1-5H3,(H,18,19)/t13?,14-/m1/s1. The van der Waals surface area contributed by atoms with E-state index >= 15 is 0 Å². The minimum absolute atomic E-state index is 0.0562. The molecule has 0 fully saturated rings. The Morgan fingerprint density at radius 3 is 2.47 bits per heavy atom. The third-order valence-corrected chi connectivity index (χ3v) is 3.50. The van der Waals surface area contributed by atoms with Gasteiger partial charge in [0.05, 0.1) is 6.54 Å². The Morgan fingerprint density at radius 1 is 1.21 bits per heavy atom. The van der Waals surface area contributed by atoms with E-state index in [0.29, 0.717) is 12.5 Å². The first kappa shape index (κ1) is 15.7. The van der Waals surface area contributed by atoms with E-state index < -0.39 is 0 Å². The second-order valence-electron chi connectivity index (χ2n) is 5.62. The first-order chi connectivity index (χ1) is 8.90. The second kappa shape index (κ2) is 7.29. The Balaban J connectivity index is 2.42. The van der Waals surface area contributed by atoms with Gasteiger partial charge in [0, 0.05) is 12.1 Å². The number of nitrogens with one attached hydrogen (secondary N) is 2. The minimum atomic E-state index is 0.0562. The zero-order valence-corrected chi connectivity index (χ0v) is 12.7. The van der Waals surface area contributed by atoms with Crippen molar-refractivity contribution in [2.75, 3.05) is 6.54 Å². The lowest BCUT2D eigenvalue weighted by Crippen LogP contribution is -2.41. The van der Waals surface area contributed by atoms with Crippen LogP contribution in [0.2, 0.25) is 0 Å². The zero-order chi connectivity index (χ0) is 14.4. The van der Waals surface area contributed by atoms with Gasteiger partial charge in [-0.2, -0.15) is 0 Å². The fourth-order valence-corrected chi connectivity index (χ4v) is 1.77. The molecule has 19 heavy (non-hydrogen) atoms. The molecule has 1 aromatic rings. The number of hydrogen-bond acceptors (Lipinski definition) is 2. The van der Waals surface area contributed by atoms with Crippen molar-refractivity contribution in [2.24, 2.45) is 5.92 Å². The van der Waals surface area contributed by atoms with Crippen LogP contribution in [0.15, 0.2) is 24.3 Å². The molecule has 1 amide bonds. The first-order valence-corrected chi connectivity index (χ1v) is 6.99. The largest absolute Gasteiger partial charge is 0.352 e. The van der Waals surface area contributed by atoms with Crippen LogP contribution in [0.1, 0.15) is 44.9 Å². The summed E-state index contributed by atoms with van der Waals surface area (Å²) in [6, 6.07) is 8.74. The molecule has 1 aromatic carbocycles. The molecule has 0 aliphatic carbocycles. The van der Waals surface area contributed by atoms with Crippen molar-refractivity contribution in [2.45, 2.75) is 46.7 Å². The summed E-state index contributed by atoms with van der Waals surface area (Å²) >= 11 is 0. The highest BCUT2D eigenvalue weighted by Crippen LogP contribution is 2.13. The molecule has 106 valence electrons. The maximum Gasteiger partial charge on any atom is 0.234 e. The monoisotopic (exact) mass is 262 g/mol. The van der Waals surface area contributed by atoms with Crippen LogP contribution in [0.5, 0.6) is 0 Å². The summed E-state index contributed by atoms with van der Waals surface area (Å²) in [5.74, 6) is 0.513. The average molecular weight is 262 g/mol. The Morgan fingerprint density at radius 2 is 1.89 bits per heavy atom. The summed E-state index contributed by atoms with van der Waals surface area (Å²) in [5, 5.41) is 6.25. The molecule has 2 N–H and O–H groups in total. The van der Waals surface area contributed by atoms with Gasteiger partial charge < -0.3 is 10.6 Å². The van der Waals surface area contributed by atoms with E-state index in [-0.39, 0.29) is 18.0 Å². The van der Waals surface area contributed by atoms with Gasteiger partial charge in [-0.3, -0.25) is 4.79 Å². The summed E-state index contributed by atoms with van der Waals surface area (Å²) in [6.07, 6.45) is 0. The van der Waals surface area contributed by atoms with Gasteiger partial charge in [0.25, 0.3) is 0 Å². The maximum atomic E-state index is 11.8. The Kier molecular flexibility index (Phi) is 6.03. The van der Waals surface area contributed by atoms with Crippen LogP contribution < -0.4 is 10.6 Å². The summed E-state index contributed by atoms with van der Waals surface area (Å²) in [7, 11) is 0. The molecule has 0 saturated heterocycles. The molecular formula is C16H26N2O. The van der Waals surface area contributed by atoms with Gasteiger partial charge in [-0.15, -0.1) is 0 Å². The normalized spacial score (nSPS) is 14.2. The number of benzene rings is 1. The van der Waals surface area contributed by atoms with Crippen LogP contribution in [0.4, 0.5) is 0 Å². The van der Waals surface area contributed by atoms with E-state index in [2.05, 4.69) is 56.5 Å². The van der Waals surface area contributed by atoms with Gasteiger partial charge in [-0.05, 0) is 32.3 Å². The van der Waals surface area contributed by atoms with Crippen molar-refractivity contribution in [3.05, 3.63) is 35.4 Å². The van der Waals surface area contributed by atoms with Crippen molar-refractivity contribution < 1.29 is 4.79 Å². The molecule has 0 saturated carbocycles. The van der Waals surface area contributed by atoms with Crippen molar-refractivity contribution in [1.29, 1.82) is 0 Å². The van der Waals surface area contributed by atoms with E-state index in [1.807, 2.05) is 13.0 Å². The van der Waals surface area contributed by atoms with E-state index in [1.165, 1.54) is 11.1 Å². The van der Waals surface area contributed by atoms with Crippen LogP contribution in [0.3, 0.4) is 0 Å². The summed E-state index contributed by atoms with van der Waals surface area (Å²) < 4.78 is 0. The Bertz CT molecular complexity index is 415. The highest BCUT2D eigenvalue weighted by molar-refractivity contribution is 5.78. The summed E-state index contributed by atoms with van der Waals surface area (Å²) in [5.41, 5.74) is 2.45. The van der Waals surface area contributed by atoms with Crippen LogP contribution in [0.25, 0.3) is 0 Å². The molecule has 1 rings (SSSR count). The lowest BCUT2D eigenvalue weighted by Gasteiger charge is -2.19. The minimum Gasteiger partial charge on any atom is -0.352 e. The van der Waals surface area contributed by atoms with Crippen LogP contribution in [-0.2, 0) is 4.79 Å². The van der Waals surface area contributed by atoms with Crippen molar-refractivity contribution in [3.8, 4) is 0 Å². The Labute approximate surface area is 116 Å². The SMILES string of the molecule is Cc1cccc([C@@H](C)NCC(=O)NC(C)C(C)C)c1. The third-order valence-electron chi connectivity index (χ3n) is 3.50. The van der Waals surface area contributed by atoms with Gasteiger partial charge in [-0.1, -0.05) is 43.7 Å². The molecule has 3 heteroatoms. The van der Waals surface area contributed by atoms with Crippen LogP contribution in [-0.4, -0.2) is 18.5 Å². The summed E-state index contributed by atoms with van der Waals surface area (Å²) in [4.78, 5) is 11.8. The molecule has 0 spiro atoms. The molecule has 0 bridgehead atoms. The van der Waals surface area contributed by atoms with E-state index in [9.17, 15) is 4.79 Å². The van der Waals surface area contributed by atoms with E-state index in [4.69, 9.17) is 0 Å². The lowest BCUT2D eigenvalue weighted by molar-refractivity contribution is -0.121. The van der Waals surface area contributed by atoms with Crippen LogP contribution in [0, 0.1) is 12.8 Å². The highest BCUT2D eigenvalue weighted by Gasteiger charge is 2.12. The highest BCUT2D eigenvalue weighted by atomic mass is 16.1. The maximum absolute atomic E-state index is 11.8. The number of carbonyl (C=O) groups excluding carboxylic acids is 1. The fourth-order valence-electron chi connectivity index (χ4n) is 1.77. The van der Waals surface area contributed by atoms with E-state index in [0.717, 1.165) is 0 Å². The Hall–Kier alpha value is -1.35. The quantitative estimate of drug-likeness (QED) is 0.827. The van der Waals surface area contributed by atoms with Gasteiger partial charge in [0.15, 0.2) is 0 Å². The first-order valence-electron chi connectivity index (χ1n) is 6.99. The molecule has 3 nitrogen and oxygen atoms in total. The van der Waals surface area contributed by atoms with Crippen molar-refractivity contribution in [3.63, 3.8) is 0 Å². The number of amides is 1. The summed E-state index contributed by atoms with van der Waals surface area (Å²) in [6.45, 7) is 10.8. The number of carbonyl (C=O) groups is 1. The molecule has 0 aliphatic heterocycles. The van der Waals surface area contributed by atoms with Crippen LogP contribution >= 0.6 is 0 Å². The van der Waals surface area contributed by atoms with Crippen molar-refractivity contribution >= 4 is 5.91 Å². The third kappa shape index (κ3) is 5.43. The van der Waals surface area contributed by atoms with Gasteiger partial charge >= 0.3 is 0 Å². The number of aryl methyl sites for hydroxylation is 1. The molecule has 0 aliphatic rings. The molecular weight excluding hydrogens is 236 g/mol. The van der Waals surface area contributed by atoms with Gasteiger partial charge in [0.2, 0.25) is 5.91 Å². The predicted molar refractivity (Wildman–Crippen MR) is 80.0 cm³/mol. The molecule has 0 aromatic heterocycles. The lowest BCUT2D eigenvalue weighted by atomic mass is 10.1. The average Bonchev–Trinajstić information content (AvgIpc) is 2.35. The smallest absolute Gasteiger partial charge is 0.234 e. The molecule has 2 atom stereocenters. The molecule has 0 radical (unpaired) electrons. The predicted octanol–water partition coefficient (Wildman–Crippen LogP) is 2.81. The second-order valence-corrected chi connectivity index (χ2v) is 5.62. The zero-order valence-electron chi connectivity index (χ0n) is 12.7. The van der Waals surface area contributed by atoms with Crippen molar-refractivity contribution in [1.82, 2.24) is 10.6 Å². The number of hydrogen-bond donors (Lipinski definition) is 2. The molecule has 0 heterocycles. The fraction of sp³-hybridized carbons (Fsp3) is 0.562. The van der Waals surface area contributed by atoms with E-state index in [1.54, 1.807) is 0 Å². The van der Waals surface area contributed by atoms with Gasteiger partial charge in [0.1, 0.15) is 0 Å².